The van der Waals surface area contributed by atoms with Gasteiger partial charge in [0.1, 0.15) is 5.69 Å². The molecule has 0 radical (unpaired) electrons. The van der Waals surface area contributed by atoms with Gasteiger partial charge in [0, 0.05) is 30.7 Å². The topological polar surface area (TPSA) is 53.1 Å². The molecule has 0 saturated carbocycles. The number of rotatable bonds is 3. The molecule has 3 nitrogen and oxygen atoms in total. The van der Waals surface area contributed by atoms with Crippen molar-refractivity contribution in [3.63, 3.8) is 0 Å². The normalized spacial score (nSPS) is 11.0. The van der Waals surface area contributed by atoms with Crippen LogP contribution in [0.1, 0.15) is 10.5 Å². The summed E-state index contributed by atoms with van der Waals surface area (Å²) in [5.74, 6) is -0.996. The van der Waals surface area contributed by atoms with Crippen LogP contribution >= 0.6 is 35.0 Å². The smallest absolute Gasteiger partial charge is 0.352 e. The number of aromatic nitrogens is 1. The number of hydrogen-bond acceptors (Lipinski definition) is 2. The fourth-order valence-corrected chi connectivity index (χ4v) is 3.40. The predicted molar refractivity (Wildman–Crippen MR) is 85.8 cm³/mol. The molecule has 2 N–H and O–H groups in total. The van der Waals surface area contributed by atoms with Crippen LogP contribution in [-0.4, -0.2) is 16.1 Å². The molecule has 21 heavy (non-hydrogen) atoms. The summed E-state index contributed by atoms with van der Waals surface area (Å²) in [7, 11) is 0. The Hall–Kier alpha value is -1.62. The summed E-state index contributed by atoms with van der Waals surface area (Å²) in [4.78, 5) is 15.8. The number of nitrogens with one attached hydrogen (secondary N) is 1. The molecule has 0 aliphatic rings. The number of aromatic carboxylic acids is 1. The quantitative estimate of drug-likeness (QED) is 0.679. The number of hydrogen-bond donors (Lipinski definition) is 2. The number of fused-ring (bicyclic) bond motifs is 1. The monoisotopic (exact) mass is 337 g/mol. The van der Waals surface area contributed by atoms with Crippen LogP contribution in [0.5, 0.6) is 0 Å². The van der Waals surface area contributed by atoms with Gasteiger partial charge >= 0.3 is 5.97 Å². The molecule has 3 rings (SSSR count). The highest BCUT2D eigenvalue weighted by Crippen LogP contribution is 2.36. The van der Waals surface area contributed by atoms with Gasteiger partial charge in [-0.1, -0.05) is 35.0 Å². The van der Waals surface area contributed by atoms with E-state index < -0.39 is 5.97 Å². The van der Waals surface area contributed by atoms with Crippen molar-refractivity contribution in [3.05, 3.63) is 58.2 Å². The van der Waals surface area contributed by atoms with Gasteiger partial charge in [-0.2, -0.15) is 0 Å². The average Bonchev–Trinajstić information content (AvgIpc) is 2.85. The first-order valence-corrected chi connectivity index (χ1v) is 7.59. The van der Waals surface area contributed by atoms with Crippen molar-refractivity contribution in [2.24, 2.45) is 0 Å². The SMILES string of the molecule is O=C(O)c1cc2c(Sc3ccc(Cl)cc3)cc(Cl)cc2[nH]1. The van der Waals surface area contributed by atoms with Gasteiger partial charge in [0.05, 0.1) is 0 Å². The second-order valence-corrected chi connectivity index (χ2v) is 6.40. The fraction of sp³-hybridized carbons (Fsp3) is 0. The highest BCUT2D eigenvalue weighted by atomic mass is 35.5. The van der Waals surface area contributed by atoms with E-state index in [-0.39, 0.29) is 5.69 Å². The first-order chi connectivity index (χ1) is 10.0. The van der Waals surface area contributed by atoms with E-state index in [2.05, 4.69) is 4.98 Å². The maximum Gasteiger partial charge on any atom is 0.352 e. The third-order valence-corrected chi connectivity index (χ3v) is 4.47. The molecular formula is C15H9Cl2NO2S. The van der Waals surface area contributed by atoms with E-state index in [0.717, 1.165) is 15.2 Å². The highest BCUT2D eigenvalue weighted by Gasteiger charge is 2.12. The first kappa shape index (κ1) is 14.3. The van der Waals surface area contributed by atoms with Crippen LogP contribution in [-0.2, 0) is 0 Å². The molecule has 2 aromatic carbocycles. The third-order valence-electron chi connectivity index (χ3n) is 2.94. The number of carbonyl (C=O) groups is 1. The van der Waals surface area contributed by atoms with Crippen molar-refractivity contribution in [3.8, 4) is 0 Å². The number of benzene rings is 2. The molecule has 0 unspecified atom stereocenters. The molecule has 106 valence electrons. The maximum atomic E-state index is 11.1. The van der Waals surface area contributed by atoms with Gasteiger partial charge in [0.15, 0.2) is 0 Å². The lowest BCUT2D eigenvalue weighted by Gasteiger charge is -2.04. The van der Waals surface area contributed by atoms with Crippen molar-refractivity contribution >= 4 is 51.8 Å². The Bertz CT molecular complexity index is 828. The zero-order valence-electron chi connectivity index (χ0n) is 10.6. The Morgan fingerprint density at radius 3 is 2.43 bits per heavy atom. The Balaban J connectivity index is 2.08. The van der Waals surface area contributed by atoms with Crippen LogP contribution in [0.4, 0.5) is 0 Å². The number of carboxylic acids is 1. The molecule has 0 atom stereocenters. The van der Waals surface area contributed by atoms with Gasteiger partial charge in [-0.3, -0.25) is 0 Å². The summed E-state index contributed by atoms with van der Waals surface area (Å²) in [6.45, 7) is 0. The molecule has 0 spiro atoms. The van der Waals surface area contributed by atoms with Crippen LogP contribution in [0.3, 0.4) is 0 Å². The molecular weight excluding hydrogens is 329 g/mol. The molecule has 0 bridgehead atoms. The third kappa shape index (κ3) is 3.02. The van der Waals surface area contributed by atoms with Crippen molar-refractivity contribution in [1.29, 1.82) is 0 Å². The van der Waals surface area contributed by atoms with Crippen LogP contribution in [0.15, 0.2) is 52.3 Å². The molecule has 3 aromatic rings. The van der Waals surface area contributed by atoms with Gasteiger partial charge in [0.2, 0.25) is 0 Å². The van der Waals surface area contributed by atoms with Gasteiger partial charge in [-0.25, -0.2) is 4.79 Å². The minimum atomic E-state index is -0.996. The van der Waals surface area contributed by atoms with E-state index in [1.807, 2.05) is 30.3 Å². The van der Waals surface area contributed by atoms with Gasteiger partial charge in [-0.05, 0) is 42.5 Å². The van der Waals surface area contributed by atoms with E-state index >= 15 is 0 Å². The summed E-state index contributed by atoms with van der Waals surface area (Å²) in [5.41, 5.74) is 0.849. The Morgan fingerprint density at radius 2 is 1.76 bits per heavy atom. The minimum Gasteiger partial charge on any atom is -0.477 e. The summed E-state index contributed by atoms with van der Waals surface area (Å²) in [6.07, 6.45) is 0. The molecule has 0 aliphatic carbocycles. The van der Waals surface area contributed by atoms with Crippen LogP contribution in [0, 0.1) is 0 Å². The van der Waals surface area contributed by atoms with Crippen LogP contribution in [0.25, 0.3) is 10.9 Å². The van der Waals surface area contributed by atoms with Crippen molar-refractivity contribution < 1.29 is 9.90 Å². The highest BCUT2D eigenvalue weighted by molar-refractivity contribution is 7.99. The molecule has 0 amide bonds. The number of halogens is 2. The summed E-state index contributed by atoms with van der Waals surface area (Å²) in [5, 5.41) is 11.1. The zero-order chi connectivity index (χ0) is 15.0. The van der Waals surface area contributed by atoms with Crippen molar-refractivity contribution in [1.82, 2.24) is 4.98 Å². The Labute approximate surface area is 134 Å². The molecule has 1 aromatic heterocycles. The summed E-state index contributed by atoms with van der Waals surface area (Å²) in [6, 6.07) is 12.6. The first-order valence-electron chi connectivity index (χ1n) is 6.02. The minimum absolute atomic E-state index is 0.144. The van der Waals surface area contributed by atoms with Crippen molar-refractivity contribution in [2.45, 2.75) is 9.79 Å². The van der Waals surface area contributed by atoms with E-state index in [0.29, 0.717) is 15.6 Å². The van der Waals surface area contributed by atoms with Crippen molar-refractivity contribution in [2.75, 3.05) is 0 Å². The predicted octanol–water partition coefficient (Wildman–Crippen LogP) is 5.32. The second-order valence-electron chi connectivity index (χ2n) is 4.41. The van der Waals surface area contributed by atoms with E-state index in [4.69, 9.17) is 28.3 Å². The van der Waals surface area contributed by atoms with E-state index in [9.17, 15) is 4.79 Å². The van der Waals surface area contributed by atoms with Gasteiger partial charge in [0.25, 0.3) is 0 Å². The summed E-state index contributed by atoms with van der Waals surface area (Å²) >= 11 is 13.5. The van der Waals surface area contributed by atoms with Crippen LogP contribution in [0.2, 0.25) is 10.0 Å². The zero-order valence-corrected chi connectivity index (χ0v) is 12.9. The van der Waals surface area contributed by atoms with E-state index in [1.54, 1.807) is 12.1 Å². The second kappa shape index (κ2) is 5.64. The van der Waals surface area contributed by atoms with Gasteiger partial charge in [-0.15, -0.1) is 0 Å². The van der Waals surface area contributed by atoms with Crippen LogP contribution < -0.4 is 0 Å². The lowest BCUT2D eigenvalue weighted by atomic mass is 10.2. The fourth-order valence-electron chi connectivity index (χ4n) is 2.00. The summed E-state index contributed by atoms with van der Waals surface area (Å²) < 4.78 is 0. The molecule has 0 aliphatic heterocycles. The molecule has 0 saturated heterocycles. The maximum absolute atomic E-state index is 11.1. The number of carboxylic acid groups (broad SMARTS) is 1. The van der Waals surface area contributed by atoms with E-state index in [1.165, 1.54) is 11.8 Å². The van der Waals surface area contributed by atoms with Gasteiger partial charge < -0.3 is 10.1 Å². The molecule has 0 fully saturated rings. The lowest BCUT2D eigenvalue weighted by molar-refractivity contribution is 0.0691. The number of aromatic amines is 1. The lowest BCUT2D eigenvalue weighted by Crippen LogP contribution is -1.94. The number of H-pyrrole nitrogens is 1. The largest absolute Gasteiger partial charge is 0.477 e. The average molecular weight is 338 g/mol. The molecule has 6 heteroatoms. The molecule has 1 heterocycles. The Morgan fingerprint density at radius 1 is 1.05 bits per heavy atom. The standard InChI is InChI=1S/C15H9Cl2NO2S/c16-8-1-3-10(4-2-8)21-14-6-9(17)5-12-11(14)7-13(18-12)15(19)20/h1-7,18H,(H,19,20). The Kier molecular flexibility index (Phi) is 3.85.